The zero-order chi connectivity index (χ0) is 15.6. The minimum Gasteiger partial charge on any atom is -0.478 e. The van der Waals surface area contributed by atoms with Crippen LogP contribution in [0.25, 0.3) is 0 Å². The molecule has 2 rings (SSSR count). The van der Waals surface area contributed by atoms with Gasteiger partial charge in [0.05, 0.1) is 11.1 Å². The molecular formula is C14H8ClF3O3. The average Bonchev–Trinajstić information content (AvgIpc) is 2.40. The highest BCUT2D eigenvalue weighted by molar-refractivity contribution is 6.30. The lowest BCUT2D eigenvalue weighted by molar-refractivity contribution is -0.138. The number of benzene rings is 2. The van der Waals surface area contributed by atoms with E-state index in [9.17, 15) is 18.0 Å². The van der Waals surface area contributed by atoms with Gasteiger partial charge in [0.25, 0.3) is 0 Å². The van der Waals surface area contributed by atoms with Gasteiger partial charge in [0.2, 0.25) is 0 Å². The molecule has 0 fully saturated rings. The first-order valence-electron chi connectivity index (χ1n) is 5.65. The normalized spacial score (nSPS) is 11.2. The van der Waals surface area contributed by atoms with E-state index in [1.165, 1.54) is 24.3 Å². The number of aromatic carboxylic acids is 1. The second-order valence-electron chi connectivity index (χ2n) is 4.07. The van der Waals surface area contributed by atoms with Crippen LogP contribution < -0.4 is 4.74 Å². The van der Waals surface area contributed by atoms with Crippen LogP contribution in [-0.4, -0.2) is 11.1 Å². The fourth-order valence-electron chi connectivity index (χ4n) is 1.60. The summed E-state index contributed by atoms with van der Waals surface area (Å²) in [5, 5.41) is 9.18. The first-order valence-corrected chi connectivity index (χ1v) is 6.03. The molecule has 7 heteroatoms. The van der Waals surface area contributed by atoms with Crippen molar-refractivity contribution in [1.82, 2.24) is 0 Å². The van der Waals surface area contributed by atoms with E-state index >= 15 is 0 Å². The minimum atomic E-state index is -4.73. The van der Waals surface area contributed by atoms with Crippen LogP contribution in [0.5, 0.6) is 11.5 Å². The van der Waals surface area contributed by atoms with Crippen molar-refractivity contribution in [2.24, 2.45) is 0 Å². The van der Waals surface area contributed by atoms with E-state index in [-0.39, 0.29) is 5.75 Å². The molecule has 0 unspecified atom stereocenters. The number of hydrogen-bond donors (Lipinski definition) is 1. The van der Waals surface area contributed by atoms with E-state index in [0.717, 1.165) is 12.1 Å². The van der Waals surface area contributed by atoms with Gasteiger partial charge in [-0.1, -0.05) is 11.6 Å². The highest BCUT2D eigenvalue weighted by Gasteiger charge is 2.35. The zero-order valence-corrected chi connectivity index (χ0v) is 11.1. The number of carbonyl (C=O) groups is 1. The van der Waals surface area contributed by atoms with Crippen molar-refractivity contribution < 1.29 is 27.8 Å². The SMILES string of the molecule is O=C(O)c1ccc(Oc2ccc(Cl)cc2)c(C(F)(F)F)c1. The second-order valence-corrected chi connectivity index (χ2v) is 4.51. The summed E-state index contributed by atoms with van der Waals surface area (Å²) in [6.07, 6.45) is -4.73. The molecule has 3 nitrogen and oxygen atoms in total. The molecule has 0 saturated carbocycles. The van der Waals surface area contributed by atoms with Crippen molar-refractivity contribution in [1.29, 1.82) is 0 Å². The molecule has 0 aromatic heterocycles. The van der Waals surface area contributed by atoms with Crippen LogP contribution in [0.4, 0.5) is 13.2 Å². The van der Waals surface area contributed by atoms with E-state index < -0.39 is 29.0 Å². The number of carboxylic acids is 1. The van der Waals surface area contributed by atoms with E-state index in [1.54, 1.807) is 0 Å². The van der Waals surface area contributed by atoms with Gasteiger partial charge in [-0.25, -0.2) is 4.79 Å². The van der Waals surface area contributed by atoms with Gasteiger partial charge < -0.3 is 9.84 Å². The monoisotopic (exact) mass is 316 g/mol. The van der Waals surface area contributed by atoms with Gasteiger partial charge >= 0.3 is 12.1 Å². The number of ether oxygens (including phenoxy) is 1. The lowest BCUT2D eigenvalue weighted by atomic mass is 10.1. The Labute approximate surface area is 122 Å². The van der Waals surface area contributed by atoms with Crippen LogP contribution >= 0.6 is 11.6 Å². The third-order valence-electron chi connectivity index (χ3n) is 2.57. The molecule has 2 aromatic rings. The maximum absolute atomic E-state index is 13.0. The van der Waals surface area contributed by atoms with Crippen molar-refractivity contribution in [2.45, 2.75) is 6.18 Å². The first-order chi connectivity index (χ1) is 9.77. The Morgan fingerprint density at radius 1 is 1.10 bits per heavy atom. The third-order valence-corrected chi connectivity index (χ3v) is 2.83. The smallest absolute Gasteiger partial charge is 0.420 e. The number of carboxylic acid groups (broad SMARTS) is 1. The summed E-state index contributed by atoms with van der Waals surface area (Å²) in [5.74, 6) is -1.76. The summed E-state index contributed by atoms with van der Waals surface area (Å²) in [6.45, 7) is 0. The second kappa shape index (κ2) is 5.65. The quantitative estimate of drug-likeness (QED) is 0.880. The zero-order valence-electron chi connectivity index (χ0n) is 10.3. The summed E-state index contributed by atoms with van der Waals surface area (Å²) in [4.78, 5) is 10.8. The predicted octanol–water partition coefficient (Wildman–Crippen LogP) is 4.85. The van der Waals surface area contributed by atoms with Crippen molar-refractivity contribution >= 4 is 17.6 Å². The van der Waals surface area contributed by atoms with Crippen molar-refractivity contribution in [3.8, 4) is 11.5 Å². The molecule has 110 valence electrons. The van der Waals surface area contributed by atoms with Gasteiger partial charge in [0.15, 0.2) is 0 Å². The van der Waals surface area contributed by atoms with Crippen LogP contribution in [0, 0.1) is 0 Å². The highest BCUT2D eigenvalue weighted by atomic mass is 35.5. The summed E-state index contributed by atoms with van der Waals surface area (Å²) < 4.78 is 44.0. The van der Waals surface area contributed by atoms with Crippen LogP contribution in [-0.2, 0) is 6.18 Å². The number of rotatable bonds is 3. The third kappa shape index (κ3) is 3.66. The number of hydrogen-bond acceptors (Lipinski definition) is 2. The average molecular weight is 317 g/mol. The van der Waals surface area contributed by atoms with Gasteiger partial charge in [-0.3, -0.25) is 0 Å². The van der Waals surface area contributed by atoms with Crippen molar-refractivity contribution in [3.05, 3.63) is 58.6 Å². The Hall–Kier alpha value is -2.21. The van der Waals surface area contributed by atoms with Gasteiger partial charge in [0.1, 0.15) is 11.5 Å². The van der Waals surface area contributed by atoms with Gasteiger partial charge in [-0.05, 0) is 42.5 Å². The maximum atomic E-state index is 13.0. The van der Waals surface area contributed by atoms with E-state index in [1.807, 2.05) is 0 Å². The number of halogens is 4. The van der Waals surface area contributed by atoms with Crippen LogP contribution in [0.15, 0.2) is 42.5 Å². The molecule has 21 heavy (non-hydrogen) atoms. The lowest BCUT2D eigenvalue weighted by Crippen LogP contribution is -2.09. The molecule has 0 bridgehead atoms. The Kier molecular flexibility index (Phi) is 4.09. The molecule has 0 aliphatic carbocycles. The van der Waals surface area contributed by atoms with Crippen LogP contribution in [0.3, 0.4) is 0 Å². The Balaban J connectivity index is 2.43. The molecular weight excluding hydrogens is 309 g/mol. The molecule has 0 aliphatic rings. The molecule has 0 radical (unpaired) electrons. The summed E-state index contributed by atoms with van der Waals surface area (Å²) in [7, 11) is 0. The van der Waals surface area contributed by atoms with Gasteiger partial charge in [0, 0.05) is 5.02 Å². The molecule has 1 N–H and O–H groups in total. The fraction of sp³-hybridized carbons (Fsp3) is 0.0714. The summed E-state index contributed by atoms with van der Waals surface area (Å²) >= 11 is 5.67. The minimum absolute atomic E-state index is 0.160. The van der Waals surface area contributed by atoms with Crippen molar-refractivity contribution in [3.63, 3.8) is 0 Å². The standard InChI is InChI=1S/C14H8ClF3O3/c15-9-2-4-10(5-3-9)21-12-6-1-8(13(19)20)7-11(12)14(16,17)18/h1-7H,(H,19,20). The topological polar surface area (TPSA) is 46.5 Å². The van der Waals surface area contributed by atoms with Crippen molar-refractivity contribution in [2.75, 3.05) is 0 Å². The lowest BCUT2D eigenvalue weighted by Gasteiger charge is -2.14. The van der Waals surface area contributed by atoms with Gasteiger partial charge in [-0.2, -0.15) is 13.2 Å². The summed E-state index contributed by atoms with van der Waals surface area (Å²) in [5.41, 5.74) is -1.62. The Morgan fingerprint density at radius 3 is 2.24 bits per heavy atom. The summed E-state index contributed by atoms with van der Waals surface area (Å²) in [6, 6.07) is 8.31. The number of alkyl halides is 3. The van der Waals surface area contributed by atoms with Gasteiger partial charge in [-0.15, -0.1) is 0 Å². The molecule has 0 amide bonds. The largest absolute Gasteiger partial charge is 0.478 e. The molecule has 0 aliphatic heterocycles. The maximum Gasteiger partial charge on any atom is 0.420 e. The molecule has 0 atom stereocenters. The highest BCUT2D eigenvalue weighted by Crippen LogP contribution is 2.38. The predicted molar refractivity (Wildman–Crippen MR) is 69.9 cm³/mol. The first kappa shape index (κ1) is 15.2. The van der Waals surface area contributed by atoms with Crippen LogP contribution in [0.1, 0.15) is 15.9 Å². The van der Waals surface area contributed by atoms with E-state index in [2.05, 4.69) is 0 Å². The van der Waals surface area contributed by atoms with E-state index in [4.69, 9.17) is 21.4 Å². The Morgan fingerprint density at radius 2 is 1.71 bits per heavy atom. The fourth-order valence-corrected chi connectivity index (χ4v) is 1.73. The molecule has 0 saturated heterocycles. The molecule has 0 heterocycles. The molecule has 2 aromatic carbocycles. The van der Waals surface area contributed by atoms with Crippen LogP contribution in [0.2, 0.25) is 5.02 Å². The molecule has 0 spiro atoms. The Bertz CT molecular complexity index is 666. The van der Waals surface area contributed by atoms with E-state index in [0.29, 0.717) is 11.1 Å².